The van der Waals surface area contributed by atoms with E-state index in [0.717, 1.165) is 48.4 Å². The molecule has 0 bridgehead atoms. The van der Waals surface area contributed by atoms with Crippen LogP contribution in [0.1, 0.15) is 42.3 Å². The van der Waals surface area contributed by atoms with E-state index in [1.165, 1.54) is 12.1 Å². The summed E-state index contributed by atoms with van der Waals surface area (Å²) in [6, 6.07) is 10.0. The lowest BCUT2D eigenvalue weighted by Crippen LogP contribution is -2.39. The number of rotatable bonds is 3. The van der Waals surface area contributed by atoms with E-state index in [-0.39, 0.29) is 24.2 Å². The first-order valence-corrected chi connectivity index (χ1v) is 8.97. The van der Waals surface area contributed by atoms with E-state index in [1.54, 1.807) is 22.8 Å². The number of halogens is 1. The molecule has 1 aliphatic heterocycles. The lowest BCUT2D eigenvalue weighted by molar-refractivity contribution is -0.134. The Balaban J connectivity index is 1.60. The number of hydrogen-bond donors (Lipinski definition) is 0. The van der Waals surface area contributed by atoms with Crippen molar-refractivity contribution in [2.24, 2.45) is 0 Å². The van der Waals surface area contributed by atoms with E-state index in [0.29, 0.717) is 0 Å². The molecule has 6 heteroatoms. The summed E-state index contributed by atoms with van der Waals surface area (Å²) in [6.45, 7) is 2.73. The topological polar surface area (TPSA) is 50.5 Å². The van der Waals surface area contributed by atoms with Crippen LogP contribution in [0.2, 0.25) is 0 Å². The van der Waals surface area contributed by atoms with Gasteiger partial charge in [0.2, 0.25) is 5.91 Å². The fourth-order valence-electron chi connectivity index (χ4n) is 3.68. The minimum absolute atomic E-state index is 0.0182. The number of carbonyl (C=O) groups excluding carboxylic acids is 1. The van der Waals surface area contributed by atoms with Gasteiger partial charge in [0.1, 0.15) is 5.82 Å². The van der Waals surface area contributed by atoms with Crippen molar-refractivity contribution in [2.75, 3.05) is 6.54 Å². The van der Waals surface area contributed by atoms with Gasteiger partial charge in [0.15, 0.2) is 5.65 Å². The molecule has 134 valence electrons. The fraction of sp³-hybridized carbons (Fsp3) is 0.350. The average molecular weight is 352 g/mol. The second kappa shape index (κ2) is 6.86. The number of hydrogen-bond acceptors (Lipinski definition) is 3. The van der Waals surface area contributed by atoms with Gasteiger partial charge in [-0.3, -0.25) is 4.79 Å². The standard InChI is InChI=1S/C20H21FN4O/c1-14-12-17(23-19-9-10-22-25(14)19)18-4-2-3-11-24(18)20(26)13-15-5-7-16(21)8-6-15/h5-10,12,18H,2-4,11,13H2,1H3. The maximum atomic E-state index is 13.1. The molecule has 1 aliphatic rings. The molecule has 1 atom stereocenters. The van der Waals surface area contributed by atoms with Crippen LogP contribution in [0.3, 0.4) is 0 Å². The van der Waals surface area contributed by atoms with Gasteiger partial charge in [-0.1, -0.05) is 12.1 Å². The third kappa shape index (κ3) is 3.19. The lowest BCUT2D eigenvalue weighted by Gasteiger charge is -2.35. The first-order chi connectivity index (χ1) is 12.6. The van der Waals surface area contributed by atoms with Gasteiger partial charge >= 0.3 is 0 Å². The zero-order valence-electron chi connectivity index (χ0n) is 14.7. The van der Waals surface area contributed by atoms with Crippen molar-refractivity contribution in [3.8, 4) is 0 Å². The minimum atomic E-state index is -0.286. The summed E-state index contributed by atoms with van der Waals surface area (Å²) in [7, 11) is 0. The van der Waals surface area contributed by atoms with Gasteiger partial charge in [0.25, 0.3) is 0 Å². The van der Waals surface area contributed by atoms with E-state index in [4.69, 9.17) is 4.98 Å². The number of benzene rings is 1. The number of nitrogens with zero attached hydrogens (tertiary/aromatic N) is 4. The van der Waals surface area contributed by atoms with Crippen LogP contribution in [0.4, 0.5) is 4.39 Å². The monoisotopic (exact) mass is 352 g/mol. The number of piperidine rings is 1. The molecule has 0 aliphatic carbocycles. The van der Waals surface area contributed by atoms with Crippen LogP contribution in [-0.2, 0) is 11.2 Å². The summed E-state index contributed by atoms with van der Waals surface area (Å²) < 4.78 is 14.9. The second-order valence-electron chi connectivity index (χ2n) is 6.83. The van der Waals surface area contributed by atoms with Crippen molar-refractivity contribution in [3.63, 3.8) is 0 Å². The molecule has 1 aromatic carbocycles. The summed E-state index contributed by atoms with van der Waals surface area (Å²) in [6.07, 6.45) is 5.00. The number of aromatic nitrogens is 3. The molecule has 4 rings (SSSR count). The quantitative estimate of drug-likeness (QED) is 0.725. The molecule has 3 heterocycles. The van der Waals surface area contributed by atoms with Gasteiger partial charge in [-0.2, -0.15) is 5.10 Å². The molecule has 0 N–H and O–H groups in total. The van der Waals surface area contributed by atoms with Crippen LogP contribution >= 0.6 is 0 Å². The molecule has 0 saturated carbocycles. The smallest absolute Gasteiger partial charge is 0.227 e. The zero-order valence-corrected chi connectivity index (χ0v) is 14.7. The predicted molar refractivity (Wildman–Crippen MR) is 96.1 cm³/mol. The second-order valence-corrected chi connectivity index (χ2v) is 6.83. The lowest BCUT2D eigenvalue weighted by atomic mass is 9.97. The summed E-state index contributed by atoms with van der Waals surface area (Å²) in [5.74, 6) is -0.222. The summed E-state index contributed by atoms with van der Waals surface area (Å²) in [5, 5.41) is 4.26. The van der Waals surface area contributed by atoms with Crippen molar-refractivity contribution < 1.29 is 9.18 Å². The molecule has 0 radical (unpaired) electrons. The molecular formula is C20H21FN4O. The Bertz CT molecular complexity index is 935. The Kier molecular flexibility index (Phi) is 4.41. The highest BCUT2D eigenvalue weighted by Gasteiger charge is 2.29. The SMILES string of the molecule is Cc1cc(C2CCCCN2C(=O)Cc2ccc(F)cc2)nc2ccnn12. The molecule has 2 aromatic heterocycles. The van der Waals surface area contributed by atoms with Crippen molar-refractivity contribution in [3.05, 3.63) is 65.4 Å². The molecule has 0 spiro atoms. The number of carbonyl (C=O) groups is 1. The maximum Gasteiger partial charge on any atom is 0.227 e. The van der Waals surface area contributed by atoms with Crippen LogP contribution in [-0.4, -0.2) is 31.9 Å². The van der Waals surface area contributed by atoms with E-state index < -0.39 is 0 Å². The van der Waals surface area contributed by atoms with Crippen LogP contribution in [0.5, 0.6) is 0 Å². The Labute approximate surface area is 151 Å². The van der Waals surface area contributed by atoms with Crippen LogP contribution in [0.15, 0.2) is 42.6 Å². The molecule has 5 nitrogen and oxygen atoms in total. The molecule has 1 unspecified atom stereocenters. The third-order valence-corrected chi connectivity index (χ3v) is 4.99. The number of likely N-dealkylation sites (tertiary alicyclic amines) is 1. The summed E-state index contributed by atoms with van der Waals surface area (Å²) in [4.78, 5) is 19.6. The molecule has 3 aromatic rings. The van der Waals surface area contributed by atoms with Crippen molar-refractivity contribution in [1.82, 2.24) is 19.5 Å². The highest BCUT2D eigenvalue weighted by Crippen LogP contribution is 2.31. The maximum absolute atomic E-state index is 13.1. The van der Waals surface area contributed by atoms with Crippen molar-refractivity contribution in [1.29, 1.82) is 0 Å². The third-order valence-electron chi connectivity index (χ3n) is 4.99. The number of amides is 1. The van der Waals surface area contributed by atoms with E-state index in [2.05, 4.69) is 5.10 Å². The Morgan fingerprint density at radius 3 is 2.85 bits per heavy atom. The highest BCUT2D eigenvalue weighted by molar-refractivity contribution is 5.79. The van der Waals surface area contributed by atoms with E-state index in [1.807, 2.05) is 24.0 Å². The molecule has 1 fully saturated rings. The molecule has 1 saturated heterocycles. The first kappa shape index (κ1) is 16.7. The Hall–Kier alpha value is -2.76. The van der Waals surface area contributed by atoms with E-state index in [9.17, 15) is 9.18 Å². The van der Waals surface area contributed by atoms with Crippen molar-refractivity contribution in [2.45, 2.75) is 38.6 Å². The van der Waals surface area contributed by atoms with Gasteiger partial charge in [0.05, 0.1) is 24.4 Å². The predicted octanol–water partition coefficient (Wildman–Crippen LogP) is 3.47. The molecule has 1 amide bonds. The fourth-order valence-corrected chi connectivity index (χ4v) is 3.68. The van der Waals surface area contributed by atoms with Gasteiger partial charge in [-0.15, -0.1) is 0 Å². The molecule has 26 heavy (non-hydrogen) atoms. The average Bonchev–Trinajstić information content (AvgIpc) is 3.13. The molecular weight excluding hydrogens is 331 g/mol. The van der Waals surface area contributed by atoms with Crippen molar-refractivity contribution >= 4 is 11.6 Å². The van der Waals surface area contributed by atoms with Gasteiger partial charge in [-0.05, 0) is 49.9 Å². The van der Waals surface area contributed by atoms with Gasteiger partial charge < -0.3 is 4.90 Å². The normalized spacial score (nSPS) is 17.6. The minimum Gasteiger partial charge on any atom is -0.334 e. The largest absolute Gasteiger partial charge is 0.334 e. The Morgan fingerprint density at radius 2 is 2.04 bits per heavy atom. The van der Waals surface area contributed by atoms with Gasteiger partial charge in [-0.25, -0.2) is 13.9 Å². The van der Waals surface area contributed by atoms with Crippen LogP contribution in [0, 0.1) is 12.7 Å². The van der Waals surface area contributed by atoms with Crippen LogP contribution in [0.25, 0.3) is 5.65 Å². The first-order valence-electron chi connectivity index (χ1n) is 8.97. The number of aryl methyl sites for hydroxylation is 1. The number of fused-ring (bicyclic) bond motifs is 1. The highest BCUT2D eigenvalue weighted by atomic mass is 19.1. The zero-order chi connectivity index (χ0) is 18.1. The van der Waals surface area contributed by atoms with Gasteiger partial charge in [0, 0.05) is 18.3 Å². The summed E-state index contributed by atoms with van der Waals surface area (Å²) in [5.41, 5.74) is 3.56. The summed E-state index contributed by atoms with van der Waals surface area (Å²) >= 11 is 0. The van der Waals surface area contributed by atoms with E-state index >= 15 is 0 Å². The van der Waals surface area contributed by atoms with Crippen LogP contribution < -0.4 is 0 Å². The Morgan fingerprint density at radius 1 is 1.23 bits per heavy atom.